The number of hydrogen-bond acceptors (Lipinski definition) is 7. The van der Waals surface area contributed by atoms with Crippen LogP contribution < -0.4 is 24.6 Å². The van der Waals surface area contributed by atoms with Crippen LogP contribution in [0.25, 0.3) is 17.1 Å². The summed E-state index contributed by atoms with van der Waals surface area (Å²) < 4.78 is 12.8. The van der Waals surface area contributed by atoms with Gasteiger partial charge < -0.3 is 14.6 Å². The fourth-order valence-corrected chi connectivity index (χ4v) is 4.28. The summed E-state index contributed by atoms with van der Waals surface area (Å²) in [4.78, 5) is 12.5. The molecular formula is C27H27N5O4S. The Bertz CT molecular complexity index is 1360. The molecule has 0 unspecified atom stereocenters. The van der Waals surface area contributed by atoms with Gasteiger partial charge in [0.25, 0.3) is 11.7 Å². The molecule has 0 aliphatic carbocycles. The number of aromatic amines is 1. The topological polar surface area (TPSA) is 116 Å². The van der Waals surface area contributed by atoms with Gasteiger partial charge in [-0.3, -0.25) is 4.79 Å². The number of rotatable bonds is 11. The number of thioether (sulfide) groups is 1. The molecule has 9 nitrogen and oxygen atoms in total. The lowest BCUT2D eigenvalue weighted by atomic mass is 10.2. The van der Waals surface area contributed by atoms with Crippen LogP contribution in [0.4, 0.5) is 0 Å². The van der Waals surface area contributed by atoms with Crippen molar-refractivity contribution in [2.24, 2.45) is 5.10 Å². The van der Waals surface area contributed by atoms with E-state index in [2.05, 4.69) is 20.7 Å². The Morgan fingerprint density at radius 2 is 1.81 bits per heavy atom. The van der Waals surface area contributed by atoms with Gasteiger partial charge in [-0.25, -0.2) is 5.43 Å². The highest BCUT2D eigenvalue weighted by Gasteiger charge is 2.24. The van der Waals surface area contributed by atoms with Gasteiger partial charge in [0.05, 0.1) is 35.8 Å². The van der Waals surface area contributed by atoms with E-state index in [1.54, 1.807) is 25.1 Å². The maximum Gasteiger partial charge on any atom is 0.342 e. The monoisotopic (exact) mass is 517 g/mol. The maximum absolute atomic E-state index is 12.5. The van der Waals surface area contributed by atoms with Crippen LogP contribution in [0.2, 0.25) is 0 Å². The number of hydrazone groups is 1. The van der Waals surface area contributed by atoms with Crippen molar-refractivity contribution in [3.05, 3.63) is 78.4 Å². The predicted octanol–water partition coefficient (Wildman–Crippen LogP) is 3.47. The lowest BCUT2D eigenvalue weighted by Gasteiger charge is -2.15. The summed E-state index contributed by atoms with van der Waals surface area (Å²) in [7, 11) is 0. The third-order valence-corrected chi connectivity index (χ3v) is 6.10. The van der Waals surface area contributed by atoms with Crippen molar-refractivity contribution in [2.75, 3.05) is 19.0 Å². The fraction of sp³-hybridized carbons (Fsp3) is 0.185. The second kappa shape index (κ2) is 12.6. The lowest BCUT2D eigenvalue weighted by Crippen LogP contribution is -2.34. The van der Waals surface area contributed by atoms with E-state index < -0.39 is 0 Å². The molecule has 0 radical (unpaired) electrons. The first-order chi connectivity index (χ1) is 18.1. The third kappa shape index (κ3) is 6.47. The van der Waals surface area contributed by atoms with E-state index in [4.69, 9.17) is 9.47 Å². The second-order valence-corrected chi connectivity index (χ2v) is 8.62. The molecule has 0 atom stereocenters. The quantitative estimate of drug-likeness (QED) is 0.136. The molecule has 0 fully saturated rings. The minimum Gasteiger partial charge on any atom is -0.870 e. The number of amides is 1. The molecule has 37 heavy (non-hydrogen) atoms. The van der Waals surface area contributed by atoms with Crippen molar-refractivity contribution in [3.63, 3.8) is 0 Å². The molecule has 4 aromatic rings. The van der Waals surface area contributed by atoms with E-state index in [-0.39, 0.29) is 23.2 Å². The molecule has 3 aromatic carbocycles. The van der Waals surface area contributed by atoms with Crippen molar-refractivity contribution in [3.8, 4) is 34.3 Å². The highest BCUT2D eigenvalue weighted by Crippen LogP contribution is 2.26. The summed E-state index contributed by atoms with van der Waals surface area (Å²) in [6.45, 7) is 4.72. The second-order valence-electron chi connectivity index (χ2n) is 7.67. The summed E-state index contributed by atoms with van der Waals surface area (Å²) in [5, 5.41) is 24.4. The SMILES string of the molecule is CCOc1ccc(-[n+]2c(SCC(=O)N/N=C/c3cccc(OCC)c3[O-])n[nH]c2-c2ccccc2)cc1. The van der Waals surface area contributed by atoms with E-state index in [9.17, 15) is 9.90 Å². The van der Waals surface area contributed by atoms with Crippen LogP contribution in [0.5, 0.6) is 17.2 Å². The average Bonchev–Trinajstić information content (AvgIpc) is 3.35. The number of H-pyrrole nitrogens is 1. The van der Waals surface area contributed by atoms with Gasteiger partial charge in [0.15, 0.2) is 0 Å². The van der Waals surface area contributed by atoms with E-state index in [1.807, 2.05) is 66.1 Å². The first-order valence-corrected chi connectivity index (χ1v) is 12.8. The van der Waals surface area contributed by atoms with Gasteiger partial charge in [0.1, 0.15) is 17.2 Å². The smallest absolute Gasteiger partial charge is 0.342 e. The van der Waals surface area contributed by atoms with Crippen molar-refractivity contribution >= 4 is 23.9 Å². The number of hydrogen-bond donors (Lipinski definition) is 2. The molecule has 0 saturated heterocycles. The number of aromatic nitrogens is 3. The molecular weight excluding hydrogens is 490 g/mol. The van der Waals surface area contributed by atoms with Crippen molar-refractivity contribution in [1.29, 1.82) is 0 Å². The summed E-state index contributed by atoms with van der Waals surface area (Å²) in [5.41, 5.74) is 4.61. The van der Waals surface area contributed by atoms with E-state index in [1.165, 1.54) is 18.0 Å². The van der Waals surface area contributed by atoms with Crippen LogP contribution in [-0.4, -0.2) is 41.3 Å². The Hall–Kier alpha value is -4.31. The first-order valence-electron chi connectivity index (χ1n) is 11.8. The summed E-state index contributed by atoms with van der Waals surface area (Å²) in [6, 6.07) is 22.4. The van der Waals surface area contributed by atoms with Crippen LogP contribution >= 0.6 is 11.8 Å². The minimum atomic E-state index is -0.336. The summed E-state index contributed by atoms with van der Waals surface area (Å²) in [5.74, 6) is 1.26. The Balaban J connectivity index is 1.48. The zero-order valence-electron chi connectivity index (χ0n) is 20.5. The number of nitrogens with one attached hydrogen (secondary N) is 2. The largest absolute Gasteiger partial charge is 0.870 e. The maximum atomic E-state index is 12.5. The molecule has 0 aliphatic rings. The van der Waals surface area contributed by atoms with Crippen molar-refractivity contribution in [1.82, 2.24) is 15.6 Å². The standard InChI is InChI=1S/C27H27N5O4S/c1-3-35-22-15-13-21(14-16-22)32-26(19-9-6-5-7-10-19)30-31-27(32)37-18-24(33)29-28-17-20-11-8-12-23(25(20)34)36-4-2/h5-17H,3-4,18H2,1-2H3,(H2,28,29,33,34). The molecule has 4 rings (SSSR count). The van der Waals surface area contributed by atoms with E-state index in [0.29, 0.717) is 23.9 Å². The number of carbonyl (C=O) groups excluding carboxylic acids is 1. The fourth-order valence-electron chi connectivity index (χ4n) is 3.52. The van der Waals surface area contributed by atoms with Gasteiger partial charge in [-0.15, -0.1) is 5.10 Å². The zero-order chi connectivity index (χ0) is 26.0. The van der Waals surface area contributed by atoms with Crippen molar-refractivity contribution < 1.29 is 23.9 Å². The molecule has 2 N–H and O–H groups in total. The molecule has 1 aromatic heterocycles. The molecule has 0 spiro atoms. The minimum absolute atomic E-state index is 0.0661. The molecule has 10 heteroatoms. The van der Waals surface area contributed by atoms with Gasteiger partial charge in [-0.2, -0.15) is 9.67 Å². The van der Waals surface area contributed by atoms with Crippen LogP contribution in [0, 0.1) is 0 Å². The zero-order valence-corrected chi connectivity index (χ0v) is 21.3. The molecule has 0 bridgehead atoms. The predicted molar refractivity (Wildman–Crippen MR) is 140 cm³/mol. The normalized spacial score (nSPS) is 11.0. The number of ether oxygens (including phenoxy) is 2. The summed E-state index contributed by atoms with van der Waals surface area (Å²) >= 11 is 1.26. The molecule has 0 aliphatic heterocycles. The lowest BCUT2D eigenvalue weighted by molar-refractivity contribution is -0.625. The van der Waals surface area contributed by atoms with Crippen LogP contribution in [0.1, 0.15) is 19.4 Å². The van der Waals surface area contributed by atoms with E-state index >= 15 is 0 Å². The molecule has 1 heterocycles. The van der Waals surface area contributed by atoms with Crippen molar-refractivity contribution in [2.45, 2.75) is 19.0 Å². The van der Waals surface area contributed by atoms with Crippen LogP contribution in [0.3, 0.4) is 0 Å². The molecule has 0 saturated carbocycles. The van der Waals surface area contributed by atoms with Gasteiger partial charge >= 0.3 is 5.16 Å². The number of para-hydroxylation sites is 1. The molecule has 190 valence electrons. The average molecular weight is 518 g/mol. The summed E-state index contributed by atoms with van der Waals surface area (Å²) in [6.07, 6.45) is 1.32. The van der Waals surface area contributed by atoms with Gasteiger partial charge in [-0.05, 0) is 73.6 Å². The van der Waals surface area contributed by atoms with Crippen LogP contribution in [-0.2, 0) is 4.79 Å². The number of benzene rings is 3. The third-order valence-electron chi connectivity index (χ3n) is 5.16. The van der Waals surface area contributed by atoms with E-state index in [0.717, 1.165) is 22.8 Å². The highest BCUT2D eigenvalue weighted by molar-refractivity contribution is 7.99. The first kappa shape index (κ1) is 25.8. The number of nitrogens with zero attached hydrogens (tertiary/aromatic N) is 3. The Morgan fingerprint density at radius 3 is 2.54 bits per heavy atom. The van der Waals surface area contributed by atoms with Gasteiger partial charge in [0.2, 0.25) is 0 Å². The van der Waals surface area contributed by atoms with Gasteiger partial charge in [0, 0.05) is 0 Å². The Labute approximate surface area is 219 Å². The molecule has 1 amide bonds. The highest BCUT2D eigenvalue weighted by atomic mass is 32.2. The van der Waals surface area contributed by atoms with Gasteiger partial charge in [-0.1, -0.05) is 36.1 Å². The Morgan fingerprint density at radius 1 is 1.05 bits per heavy atom. The Kier molecular flexibility index (Phi) is 8.77. The van der Waals surface area contributed by atoms with Crippen LogP contribution in [0.15, 0.2) is 83.1 Å². The number of carbonyl (C=O) groups is 1.